The quantitative estimate of drug-likeness (QED) is 0.764. The zero-order chi connectivity index (χ0) is 12.7. The smallest absolute Gasteiger partial charge is 0.145 e. The summed E-state index contributed by atoms with van der Waals surface area (Å²) in [5.74, 6) is -0.401. The number of halogens is 2. The Bertz CT molecular complexity index is 349. The van der Waals surface area contributed by atoms with Crippen LogP contribution in [-0.2, 0) is 15.9 Å². The molecule has 0 saturated heterocycles. The largest absolute Gasteiger partial charge is 0.382 e. The Morgan fingerprint density at radius 3 is 2.88 bits per heavy atom. The lowest BCUT2D eigenvalue weighted by molar-refractivity contribution is 0.0636. The molecule has 0 heterocycles. The van der Waals surface area contributed by atoms with Crippen LogP contribution in [0.3, 0.4) is 0 Å². The van der Waals surface area contributed by atoms with Crippen LogP contribution in [0.2, 0.25) is 5.02 Å². The maximum absolute atomic E-state index is 13.6. The molecule has 0 aromatic heterocycles. The molecule has 0 bridgehead atoms. The summed E-state index contributed by atoms with van der Waals surface area (Å²) in [6.07, 6.45) is 0.402. The number of ether oxygens (including phenoxy) is 2. The minimum Gasteiger partial charge on any atom is -0.382 e. The molecule has 1 rings (SSSR count). The average molecular weight is 262 g/mol. The molecule has 1 unspecified atom stereocenters. The first-order chi connectivity index (χ1) is 8.15. The van der Waals surface area contributed by atoms with Crippen LogP contribution in [-0.4, -0.2) is 33.0 Å². The number of hydrogen-bond donors (Lipinski definition) is 1. The normalized spacial score (nSPS) is 12.7. The molecule has 1 aromatic rings. The van der Waals surface area contributed by atoms with Gasteiger partial charge in [-0.05, 0) is 18.1 Å². The molecular weight excluding hydrogens is 245 g/mol. The van der Waals surface area contributed by atoms with Gasteiger partial charge in [-0.3, -0.25) is 0 Å². The molecule has 96 valence electrons. The molecule has 5 heteroatoms. The van der Waals surface area contributed by atoms with Gasteiger partial charge in [0, 0.05) is 13.2 Å². The fraction of sp³-hybridized carbons (Fsp3) is 0.500. The predicted octanol–water partition coefficient (Wildman–Crippen LogP) is 2.01. The maximum Gasteiger partial charge on any atom is 0.145 e. The van der Waals surface area contributed by atoms with Gasteiger partial charge < -0.3 is 15.2 Å². The van der Waals surface area contributed by atoms with Crippen LogP contribution in [0, 0.1) is 5.82 Å². The Balaban J connectivity index is 2.39. The highest BCUT2D eigenvalue weighted by Gasteiger charge is 2.10. The lowest BCUT2D eigenvalue weighted by Gasteiger charge is -2.13. The molecule has 0 saturated carbocycles. The summed E-state index contributed by atoms with van der Waals surface area (Å²) in [6, 6.07) is 4.65. The van der Waals surface area contributed by atoms with Crippen molar-refractivity contribution in [3.05, 3.63) is 34.6 Å². The van der Waals surface area contributed by atoms with Gasteiger partial charge >= 0.3 is 0 Å². The van der Waals surface area contributed by atoms with E-state index in [0.29, 0.717) is 31.8 Å². The molecule has 2 N–H and O–H groups in total. The second kappa shape index (κ2) is 7.61. The predicted molar refractivity (Wildman–Crippen MR) is 65.8 cm³/mol. The van der Waals surface area contributed by atoms with E-state index in [1.54, 1.807) is 19.2 Å². The zero-order valence-electron chi connectivity index (χ0n) is 9.79. The first kappa shape index (κ1) is 14.4. The van der Waals surface area contributed by atoms with E-state index in [-0.39, 0.29) is 11.1 Å². The van der Waals surface area contributed by atoms with Crippen molar-refractivity contribution >= 4 is 11.6 Å². The number of nitrogens with two attached hydrogens (primary N) is 1. The van der Waals surface area contributed by atoms with Crippen LogP contribution in [0.15, 0.2) is 18.2 Å². The Kier molecular flexibility index (Phi) is 6.44. The first-order valence-corrected chi connectivity index (χ1v) is 5.78. The second-order valence-electron chi connectivity index (χ2n) is 3.74. The SMILES string of the molecule is COCCOCC(N)Cc1cccc(Cl)c1F. The first-order valence-electron chi connectivity index (χ1n) is 5.40. The molecule has 0 aliphatic carbocycles. The van der Waals surface area contributed by atoms with E-state index in [4.69, 9.17) is 26.8 Å². The highest BCUT2D eigenvalue weighted by atomic mass is 35.5. The third-order valence-corrected chi connectivity index (χ3v) is 2.57. The van der Waals surface area contributed by atoms with Crippen molar-refractivity contribution in [3.63, 3.8) is 0 Å². The minimum absolute atomic E-state index is 0.120. The summed E-state index contributed by atoms with van der Waals surface area (Å²) in [4.78, 5) is 0. The van der Waals surface area contributed by atoms with Gasteiger partial charge in [0.1, 0.15) is 5.82 Å². The summed E-state index contributed by atoms with van der Waals surface area (Å²) in [5.41, 5.74) is 6.35. The number of rotatable bonds is 7. The molecule has 0 spiro atoms. The van der Waals surface area contributed by atoms with Gasteiger partial charge in [-0.1, -0.05) is 23.7 Å². The lowest BCUT2D eigenvalue weighted by atomic mass is 10.1. The molecule has 0 aliphatic rings. The maximum atomic E-state index is 13.6. The van der Waals surface area contributed by atoms with E-state index >= 15 is 0 Å². The highest BCUT2D eigenvalue weighted by molar-refractivity contribution is 6.30. The van der Waals surface area contributed by atoms with Gasteiger partial charge in [-0.25, -0.2) is 4.39 Å². The van der Waals surface area contributed by atoms with Crippen molar-refractivity contribution in [1.82, 2.24) is 0 Å². The van der Waals surface area contributed by atoms with Crippen molar-refractivity contribution < 1.29 is 13.9 Å². The van der Waals surface area contributed by atoms with Gasteiger partial charge in [0.2, 0.25) is 0 Å². The van der Waals surface area contributed by atoms with E-state index in [9.17, 15) is 4.39 Å². The summed E-state index contributed by atoms with van der Waals surface area (Å²) >= 11 is 5.68. The number of hydrogen-bond acceptors (Lipinski definition) is 3. The fourth-order valence-corrected chi connectivity index (χ4v) is 1.62. The Labute approximate surface area is 106 Å². The Morgan fingerprint density at radius 2 is 2.18 bits per heavy atom. The summed E-state index contributed by atoms with van der Waals surface area (Å²) in [5, 5.41) is 0.120. The molecule has 0 amide bonds. The monoisotopic (exact) mass is 261 g/mol. The molecule has 1 aromatic carbocycles. The van der Waals surface area contributed by atoms with Gasteiger partial charge in [0.15, 0.2) is 0 Å². The molecule has 17 heavy (non-hydrogen) atoms. The second-order valence-corrected chi connectivity index (χ2v) is 4.15. The highest BCUT2D eigenvalue weighted by Crippen LogP contribution is 2.18. The van der Waals surface area contributed by atoms with Crippen LogP contribution < -0.4 is 5.73 Å². The van der Waals surface area contributed by atoms with Crippen molar-refractivity contribution in [1.29, 1.82) is 0 Å². The van der Waals surface area contributed by atoms with Crippen molar-refractivity contribution in [2.75, 3.05) is 26.9 Å². The van der Waals surface area contributed by atoms with Crippen LogP contribution in [0.5, 0.6) is 0 Å². The van der Waals surface area contributed by atoms with Crippen LogP contribution in [0.25, 0.3) is 0 Å². The average Bonchev–Trinajstić information content (AvgIpc) is 2.31. The molecule has 0 aliphatic heterocycles. The van der Waals surface area contributed by atoms with Gasteiger partial charge in [-0.15, -0.1) is 0 Å². The Hall–Kier alpha value is -0.680. The molecule has 0 fully saturated rings. The minimum atomic E-state index is -0.401. The summed E-state index contributed by atoms with van der Waals surface area (Å²) in [7, 11) is 1.60. The van der Waals surface area contributed by atoms with E-state index in [1.807, 2.05) is 0 Å². The van der Waals surface area contributed by atoms with Crippen molar-refractivity contribution in [2.45, 2.75) is 12.5 Å². The Morgan fingerprint density at radius 1 is 1.41 bits per heavy atom. The van der Waals surface area contributed by atoms with E-state index in [1.165, 1.54) is 6.07 Å². The van der Waals surface area contributed by atoms with E-state index in [0.717, 1.165) is 0 Å². The lowest BCUT2D eigenvalue weighted by Crippen LogP contribution is -2.29. The van der Waals surface area contributed by atoms with Crippen LogP contribution in [0.1, 0.15) is 5.56 Å². The van der Waals surface area contributed by atoms with Crippen molar-refractivity contribution in [3.8, 4) is 0 Å². The molecular formula is C12H17ClFNO2. The third-order valence-electron chi connectivity index (χ3n) is 2.28. The van der Waals surface area contributed by atoms with Gasteiger partial charge in [-0.2, -0.15) is 0 Å². The van der Waals surface area contributed by atoms with Crippen LogP contribution >= 0.6 is 11.6 Å². The van der Waals surface area contributed by atoms with Crippen molar-refractivity contribution in [2.24, 2.45) is 5.73 Å². The van der Waals surface area contributed by atoms with E-state index in [2.05, 4.69) is 0 Å². The molecule has 0 radical (unpaired) electrons. The molecule has 3 nitrogen and oxygen atoms in total. The van der Waals surface area contributed by atoms with Gasteiger partial charge in [0.05, 0.1) is 24.8 Å². The van der Waals surface area contributed by atoms with Crippen LogP contribution in [0.4, 0.5) is 4.39 Å². The summed E-state index contributed by atoms with van der Waals surface area (Å²) in [6.45, 7) is 1.38. The number of benzene rings is 1. The number of methoxy groups -OCH3 is 1. The summed E-state index contributed by atoms with van der Waals surface area (Å²) < 4.78 is 23.7. The van der Waals surface area contributed by atoms with Gasteiger partial charge in [0.25, 0.3) is 0 Å². The topological polar surface area (TPSA) is 44.5 Å². The standard InChI is InChI=1S/C12H17ClFNO2/c1-16-5-6-17-8-10(15)7-9-3-2-4-11(13)12(9)14/h2-4,10H,5-8,15H2,1H3. The molecule has 1 atom stereocenters. The zero-order valence-corrected chi connectivity index (χ0v) is 10.5. The fourth-order valence-electron chi connectivity index (χ4n) is 1.42. The third kappa shape index (κ3) is 5.00. The van der Waals surface area contributed by atoms with E-state index < -0.39 is 5.82 Å².